The summed E-state index contributed by atoms with van der Waals surface area (Å²) in [5.41, 5.74) is 3.12. The Balaban J connectivity index is 1.50. The van der Waals surface area contributed by atoms with Crippen LogP contribution in [0.3, 0.4) is 0 Å². The monoisotopic (exact) mass is 391 g/mol. The van der Waals surface area contributed by atoms with Crippen LogP contribution in [0.25, 0.3) is 26.6 Å². The Morgan fingerprint density at radius 1 is 1.00 bits per heavy atom. The van der Waals surface area contributed by atoms with E-state index in [4.69, 9.17) is 14.6 Å². The van der Waals surface area contributed by atoms with Gasteiger partial charge in [-0.3, -0.25) is 0 Å². The molecule has 0 bridgehead atoms. The van der Waals surface area contributed by atoms with Crippen LogP contribution >= 0.6 is 11.3 Å². The van der Waals surface area contributed by atoms with Crippen LogP contribution in [0.15, 0.2) is 48.5 Å². The molecule has 0 fully saturated rings. The zero-order chi connectivity index (χ0) is 19.1. The lowest BCUT2D eigenvalue weighted by molar-refractivity contribution is 0.354. The van der Waals surface area contributed by atoms with E-state index >= 15 is 0 Å². The highest BCUT2D eigenvalue weighted by molar-refractivity contribution is 7.19. The quantitative estimate of drug-likeness (QED) is 0.491. The van der Waals surface area contributed by atoms with E-state index in [-0.39, 0.29) is 0 Å². The molecule has 0 aliphatic rings. The normalized spacial score (nSPS) is 11.4. The maximum Gasteiger partial charge on any atom is 0.235 e. The van der Waals surface area contributed by atoms with Crippen molar-refractivity contribution in [2.45, 2.75) is 6.42 Å². The molecule has 0 spiro atoms. The van der Waals surface area contributed by atoms with E-state index in [1.807, 2.05) is 34.8 Å². The summed E-state index contributed by atoms with van der Waals surface area (Å²) in [4.78, 5) is 4.18. The molecule has 0 saturated heterocycles. The molecule has 5 rings (SSSR count). The molecule has 0 unspecified atom stereocenters. The lowest BCUT2D eigenvalue weighted by atomic mass is 10.1. The van der Waals surface area contributed by atoms with E-state index in [9.17, 15) is 0 Å². The van der Waals surface area contributed by atoms with Gasteiger partial charge in [0, 0.05) is 17.3 Å². The highest BCUT2D eigenvalue weighted by Gasteiger charge is 2.15. The maximum absolute atomic E-state index is 5.39. The smallest absolute Gasteiger partial charge is 0.235 e. The van der Waals surface area contributed by atoms with Crippen LogP contribution in [-0.4, -0.2) is 39.0 Å². The fourth-order valence-electron chi connectivity index (χ4n) is 3.24. The molecule has 0 atom stereocenters. The third-order valence-electron chi connectivity index (χ3n) is 4.63. The number of para-hydroxylation sites is 1. The van der Waals surface area contributed by atoms with E-state index in [0.717, 1.165) is 38.0 Å². The summed E-state index contributed by atoms with van der Waals surface area (Å²) in [6.45, 7) is 0. The molecular formula is C20H17N5O2S. The zero-order valence-corrected chi connectivity index (χ0v) is 16.2. The van der Waals surface area contributed by atoms with Gasteiger partial charge in [0.2, 0.25) is 4.96 Å². The molecule has 0 amide bonds. The predicted molar refractivity (Wildman–Crippen MR) is 108 cm³/mol. The van der Waals surface area contributed by atoms with Crippen LogP contribution in [0.5, 0.6) is 11.5 Å². The molecule has 8 heteroatoms. The summed E-state index contributed by atoms with van der Waals surface area (Å²) < 4.78 is 12.5. The zero-order valence-electron chi connectivity index (χ0n) is 15.3. The van der Waals surface area contributed by atoms with Gasteiger partial charge in [-0.25, -0.2) is 0 Å². The average molecular weight is 391 g/mol. The van der Waals surface area contributed by atoms with E-state index in [1.165, 1.54) is 11.3 Å². The second-order valence-electron chi connectivity index (χ2n) is 6.35. The molecule has 7 nitrogen and oxygen atoms in total. The number of H-pyrrole nitrogens is 1. The van der Waals surface area contributed by atoms with Crippen LogP contribution < -0.4 is 9.47 Å². The number of ether oxygens (including phenoxy) is 2. The number of methoxy groups -OCH3 is 2. The minimum absolute atomic E-state index is 0.595. The number of nitrogens with one attached hydrogen (secondary N) is 1. The van der Waals surface area contributed by atoms with Crippen molar-refractivity contribution in [2.75, 3.05) is 14.2 Å². The molecule has 0 aliphatic heterocycles. The summed E-state index contributed by atoms with van der Waals surface area (Å²) in [7, 11) is 3.25. The number of hydrogen-bond donors (Lipinski definition) is 1. The fourth-order valence-corrected chi connectivity index (χ4v) is 4.07. The lowest BCUT2D eigenvalue weighted by Crippen LogP contribution is -1.99. The van der Waals surface area contributed by atoms with E-state index in [2.05, 4.69) is 33.4 Å². The Bertz CT molecular complexity index is 1250. The third kappa shape index (κ3) is 2.78. The topological polar surface area (TPSA) is 77.3 Å². The van der Waals surface area contributed by atoms with E-state index in [0.29, 0.717) is 17.9 Å². The summed E-state index contributed by atoms with van der Waals surface area (Å²) in [5, 5.41) is 15.4. The standard InChI is InChI=1S/C20H17N5O2S/c1-26-16-8-7-12(9-17(16)27-2)10-18-22-23-20-25(18)24-19(28-20)15-11-13-5-3-4-6-14(13)21-15/h3-9,11,21H,10H2,1-2H3. The van der Waals surface area contributed by atoms with Gasteiger partial charge in [0.05, 0.1) is 19.9 Å². The van der Waals surface area contributed by atoms with Crippen molar-refractivity contribution >= 4 is 27.2 Å². The first kappa shape index (κ1) is 16.8. The van der Waals surface area contributed by atoms with Gasteiger partial charge in [-0.1, -0.05) is 35.6 Å². The van der Waals surface area contributed by atoms with Gasteiger partial charge < -0.3 is 14.5 Å². The second-order valence-corrected chi connectivity index (χ2v) is 7.31. The first-order chi connectivity index (χ1) is 13.7. The Morgan fingerprint density at radius 3 is 2.68 bits per heavy atom. The predicted octanol–water partition coefficient (Wildman–Crippen LogP) is 3.94. The molecule has 28 heavy (non-hydrogen) atoms. The van der Waals surface area contributed by atoms with E-state index < -0.39 is 0 Å². The van der Waals surface area contributed by atoms with Crippen LogP contribution in [0.4, 0.5) is 0 Å². The molecule has 2 aromatic carbocycles. The maximum atomic E-state index is 5.39. The van der Waals surface area contributed by atoms with Crippen molar-refractivity contribution in [3.8, 4) is 22.2 Å². The third-order valence-corrected chi connectivity index (χ3v) is 5.56. The highest BCUT2D eigenvalue weighted by Crippen LogP contribution is 2.30. The number of hydrogen-bond acceptors (Lipinski definition) is 6. The number of aromatic amines is 1. The first-order valence-electron chi connectivity index (χ1n) is 8.75. The fraction of sp³-hybridized carbons (Fsp3) is 0.150. The van der Waals surface area contributed by atoms with Crippen LogP contribution in [0.1, 0.15) is 11.4 Å². The molecule has 0 radical (unpaired) electrons. The van der Waals surface area contributed by atoms with Gasteiger partial charge in [0.25, 0.3) is 0 Å². The molecule has 140 valence electrons. The van der Waals surface area contributed by atoms with Gasteiger partial charge in [-0.05, 0) is 29.8 Å². The van der Waals surface area contributed by atoms with Gasteiger partial charge in [-0.2, -0.15) is 9.61 Å². The van der Waals surface area contributed by atoms with Crippen LogP contribution in [-0.2, 0) is 6.42 Å². The molecule has 0 aliphatic carbocycles. The van der Waals surface area contributed by atoms with Gasteiger partial charge in [0.15, 0.2) is 22.3 Å². The number of aromatic nitrogens is 5. The second kappa shape index (κ2) is 6.65. The largest absolute Gasteiger partial charge is 0.493 e. The summed E-state index contributed by atoms with van der Waals surface area (Å²) in [6.07, 6.45) is 0.595. The lowest BCUT2D eigenvalue weighted by Gasteiger charge is -2.08. The van der Waals surface area contributed by atoms with Gasteiger partial charge in [0.1, 0.15) is 0 Å². The minimum Gasteiger partial charge on any atom is -0.493 e. The van der Waals surface area contributed by atoms with Crippen molar-refractivity contribution in [1.29, 1.82) is 0 Å². The molecule has 5 aromatic rings. The number of fused-ring (bicyclic) bond motifs is 2. The van der Waals surface area contributed by atoms with Crippen molar-refractivity contribution in [1.82, 2.24) is 24.8 Å². The van der Waals surface area contributed by atoms with Crippen molar-refractivity contribution < 1.29 is 9.47 Å². The number of nitrogens with zero attached hydrogens (tertiary/aromatic N) is 4. The Hall–Kier alpha value is -3.39. The molecule has 3 heterocycles. The van der Waals surface area contributed by atoms with Crippen molar-refractivity contribution in [3.63, 3.8) is 0 Å². The molecule has 3 aromatic heterocycles. The Labute approximate surface area is 164 Å². The van der Waals surface area contributed by atoms with Crippen molar-refractivity contribution in [3.05, 3.63) is 59.9 Å². The Morgan fingerprint density at radius 2 is 1.86 bits per heavy atom. The summed E-state index contributed by atoms with van der Waals surface area (Å²) in [6, 6.07) is 16.1. The van der Waals surface area contributed by atoms with Crippen LogP contribution in [0, 0.1) is 0 Å². The Kier molecular flexibility index (Phi) is 3.98. The van der Waals surface area contributed by atoms with Crippen LogP contribution in [0.2, 0.25) is 0 Å². The molecular weight excluding hydrogens is 374 g/mol. The van der Waals surface area contributed by atoms with Gasteiger partial charge >= 0.3 is 0 Å². The number of rotatable bonds is 5. The highest BCUT2D eigenvalue weighted by atomic mass is 32.1. The first-order valence-corrected chi connectivity index (χ1v) is 9.57. The van der Waals surface area contributed by atoms with E-state index in [1.54, 1.807) is 14.2 Å². The number of benzene rings is 2. The minimum atomic E-state index is 0.595. The molecule has 1 N–H and O–H groups in total. The average Bonchev–Trinajstić information content (AvgIpc) is 3.42. The van der Waals surface area contributed by atoms with Gasteiger partial charge in [-0.15, -0.1) is 10.2 Å². The SMILES string of the molecule is COc1ccc(Cc2nnc3sc(-c4cc5ccccc5[nH]4)nn23)cc1OC. The van der Waals surface area contributed by atoms with Crippen molar-refractivity contribution in [2.24, 2.45) is 0 Å². The summed E-state index contributed by atoms with van der Waals surface area (Å²) in [5.74, 6) is 2.17. The molecule has 0 saturated carbocycles. The summed E-state index contributed by atoms with van der Waals surface area (Å²) >= 11 is 1.51.